The fourth-order valence-corrected chi connectivity index (χ4v) is 3.69. The Balaban J connectivity index is 1.58. The molecule has 8 nitrogen and oxygen atoms in total. The zero-order valence-electron chi connectivity index (χ0n) is 15.3. The number of amides is 1. The smallest absolute Gasteiger partial charge is 0.270 e. The molecule has 0 unspecified atom stereocenters. The molecule has 3 rings (SSSR count). The summed E-state index contributed by atoms with van der Waals surface area (Å²) < 4.78 is 41.8. The third-order valence-electron chi connectivity index (χ3n) is 3.94. The number of hydrogen-bond acceptors (Lipinski definition) is 5. The summed E-state index contributed by atoms with van der Waals surface area (Å²) in [7, 11) is -2.10. The predicted octanol–water partition coefficient (Wildman–Crippen LogP) is 2.02. The zero-order valence-corrected chi connectivity index (χ0v) is 16.8. The number of benzene rings is 1. The van der Waals surface area contributed by atoms with Crippen molar-refractivity contribution in [2.45, 2.75) is 18.0 Å². The van der Waals surface area contributed by atoms with Gasteiger partial charge in [-0.25, -0.2) is 17.5 Å². The number of pyridine rings is 1. The normalized spacial score (nSPS) is 11.4. The number of rotatable bonds is 7. The number of nitrogens with one attached hydrogen (secondary N) is 2. The second-order valence-electron chi connectivity index (χ2n) is 6.16. The summed E-state index contributed by atoms with van der Waals surface area (Å²) >= 11 is 5.63. The van der Waals surface area contributed by atoms with E-state index in [0.717, 1.165) is 23.8 Å². The first-order valence-electron chi connectivity index (χ1n) is 8.40. The lowest BCUT2D eigenvalue weighted by molar-refractivity contribution is 0.0946. The van der Waals surface area contributed by atoms with Gasteiger partial charge in [-0.15, -0.1) is 0 Å². The van der Waals surface area contributed by atoms with Crippen molar-refractivity contribution in [3.8, 4) is 0 Å². The highest BCUT2D eigenvalue weighted by Crippen LogP contribution is 2.19. The predicted molar refractivity (Wildman–Crippen MR) is 104 cm³/mol. The molecule has 29 heavy (non-hydrogen) atoms. The standard InChI is InChI=1S/C18H17ClFN5O3S/c1-25-11-13(9-23-25)8-22-18(26)17-5-2-12(7-21-17)10-24-29(27,28)14-3-4-16(20)15(19)6-14/h2-7,9,11,24H,8,10H2,1H3,(H,22,26). The van der Waals surface area contributed by atoms with Crippen LogP contribution in [0, 0.1) is 5.82 Å². The number of nitrogens with zero attached hydrogens (tertiary/aromatic N) is 3. The summed E-state index contributed by atoms with van der Waals surface area (Å²) in [6.07, 6.45) is 4.84. The average molecular weight is 438 g/mol. The van der Waals surface area contributed by atoms with Crippen molar-refractivity contribution in [2.24, 2.45) is 7.05 Å². The number of carbonyl (C=O) groups is 1. The maximum Gasteiger partial charge on any atom is 0.270 e. The summed E-state index contributed by atoms with van der Waals surface area (Å²) in [5.41, 5.74) is 1.60. The van der Waals surface area contributed by atoms with Crippen LogP contribution >= 0.6 is 11.6 Å². The molecule has 11 heteroatoms. The minimum Gasteiger partial charge on any atom is -0.347 e. The molecule has 1 aromatic carbocycles. The number of aryl methyl sites for hydroxylation is 1. The summed E-state index contributed by atoms with van der Waals surface area (Å²) in [6.45, 7) is 0.262. The summed E-state index contributed by atoms with van der Waals surface area (Å²) in [6, 6.07) is 6.23. The van der Waals surface area contributed by atoms with Gasteiger partial charge >= 0.3 is 0 Å². The van der Waals surface area contributed by atoms with Gasteiger partial charge in [0.15, 0.2) is 0 Å². The number of sulfonamides is 1. The van der Waals surface area contributed by atoms with E-state index in [1.807, 2.05) is 0 Å². The molecule has 3 aromatic rings. The van der Waals surface area contributed by atoms with Gasteiger partial charge < -0.3 is 5.32 Å². The van der Waals surface area contributed by atoms with Gasteiger partial charge in [0.1, 0.15) is 11.5 Å². The van der Waals surface area contributed by atoms with Crippen LogP contribution in [0.1, 0.15) is 21.6 Å². The fraction of sp³-hybridized carbons (Fsp3) is 0.167. The van der Waals surface area contributed by atoms with E-state index < -0.39 is 15.8 Å². The van der Waals surface area contributed by atoms with Crippen LogP contribution in [0.25, 0.3) is 0 Å². The number of hydrogen-bond donors (Lipinski definition) is 2. The second kappa shape index (κ2) is 8.68. The van der Waals surface area contributed by atoms with Crippen LogP contribution in [-0.2, 0) is 30.2 Å². The molecule has 1 amide bonds. The molecule has 2 N–H and O–H groups in total. The minimum absolute atomic E-state index is 0.0537. The second-order valence-corrected chi connectivity index (χ2v) is 8.33. The van der Waals surface area contributed by atoms with Crippen LogP contribution in [0.4, 0.5) is 4.39 Å². The minimum atomic E-state index is -3.88. The Bertz CT molecular complexity index is 1130. The van der Waals surface area contributed by atoms with Crippen LogP contribution in [0.3, 0.4) is 0 Å². The van der Waals surface area contributed by atoms with Crippen molar-refractivity contribution in [3.05, 3.63) is 76.6 Å². The van der Waals surface area contributed by atoms with Crippen LogP contribution < -0.4 is 10.0 Å². The van der Waals surface area contributed by atoms with Gasteiger partial charge in [-0.3, -0.25) is 14.5 Å². The Morgan fingerprint density at radius 2 is 1.97 bits per heavy atom. The van der Waals surface area contributed by atoms with Gasteiger partial charge in [0.2, 0.25) is 10.0 Å². The number of aromatic nitrogens is 3. The Morgan fingerprint density at radius 1 is 1.17 bits per heavy atom. The van der Waals surface area contributed by atoms with Crippen molar-refractivity contribution >= 4 is 27.5 Å². The SMILES string of the molecule is Cn1cc(CNC(=O)c2ccc(CNS(=O)(=O)c3ccc(F)c(Cl)c3)cn2)cn1. The van der Waals surface area contributed by atoms with E-state index in [2.05, 4.69) is 20.1 Å². The van der Waals surface area contributed by atoms with Crippen molar-refractivity contribution in [1.29, 1.82) is 0 Å². The van der Waals surface area contributed by atoms with Gasteiger partial charge in [0.25, 0.3) is 5.91 Å². The molecule has 0 spiro atoms. The zero-order chi connectivity index (χ0) is 21.0. The molecule has 2 aromatic heterocycles. The van der Waals surface area contributed by atoms with Crippen molar-refractivity contribution < 1.29 is 17.6 Å². The third kappa shape index (κ3) is 5.37. The maximum atomic E-state index is 13.2. The first-order chi connectivity index (χ1) is 13.7. The van der Waals surface area contributed by atoms with Gasteiger partial charge in [-0.05, 0) is 29.8 Å². The molecule has 0 fully saturated rings. The maximum absolute atomic E-state index is 13.2. The fourth-order valence-electron chi connectivity index (χ4n) is 2.41. The van der Waals surface area contributed by atoms with Crippen molar-refractivity contribution in [1.82, 2.24) is 24.8 Å². The third-order valence-corrected chi connectivity index (χ3v) is 5.63. The molecule has 0 bridgehead atoms. The molecule has 0 aliphatic heterocycles. The molecule has 0 aliphatic rings. The lowest BCUT2D eigenvalue weighted by Crippen LogP contribution is -2.25. The Labute approximate surface area is 171 Å². The van der Waals surface area contributed by atoms with E-state index >= 15 is 0 Å². The van der Waals surface area contributed by atoms with Gasteiger partial charge in [0.05, 0.1) is 16.1 Å². The highest BCUT2D eigenvalue weighted by molar-refractivity contribution is 7.89. The average Bonchev–Trinajstić information content (AvgIpc) is 3.12. The van der Waals surface area contributed by atoms with Crippen LogP contribution in [-0.4, -0.2) is 29.1 Å². The van der Waals surface area contributed by atoms with Gasteiger partial charge in [0, 0.05) is 38.1 Å². The van der Waals surface area contributed by atoms with Gasteiger partial charge in [-0.2, -0.15) is 5.10 Å². The lowest BCUT2D eigenvalue weighted by atomic mass is 10.2. The topological polar surface area (TPSA) is 106 Å². The van der Waals surface area contributed by atoms with Crippen LogP contribution in [0.5, 0.6) is 0 Å². The molecule has 0 saturated heterocycles. The largest absolute Gasteiger partial charge is 0.347 e. The first kappa shape index (κ1) is 20.9. The van der Waals surface area contributed by atoms with E-state index in [1.54, 1.807) is 30.2 Å². The summed E-state index contributed by atoms with van der Waals surface area (Å²) in [4.78, 5) is 16.0. The van der Waals surface area contributed by atoms with Crippen molar-refractivity contribution in [2.75, 3.05) is 0 Å². The Kier molecular flexibility index (Phi) is 6.26. The van der Waals surface area contributed by atoms with Crippen LogP contribution in [0.15, 0.2) is 53.8 Å². The van der Waals surface area contributed by atoms with Gasteiger partial charge in [-0.1, -0.05) is 17.7 Å². The summed E-state index contributed by atoms with van der Waals surface area (Å²) in [5, 5.41) is 6.46. The molecule has 0 atom stereocenters. The van der Waals surface area contributed by atoms with E-state index in [4.69, 9.17) is 11.6 Å². The number of carbonyl (C=O) groups excluding carboxylic acids is 1. The van der Waals surface area contributed by atoms with E-state index in [1.165, 1.54) is 12.3 Å². The first-order valence-corrected chi connectivity index (χ1v) is 10.3. The van der Waals surface area contributed by atoms with Crippen LogP contribution in [0.2, 0.25) is 5.02 Å². The highest BCUT2D eigenvalue weighted by Gasteiger charge is 2.16. The Hall–Kier alpha value is -2.82. The lowest BCUT2D eigenvalue weighted by Gasteiger charge is -2.08. The molecule has 2 heterocycles. The van der Waals surface area contributed by atoms with E-state index in [-0.39, 0.29) is 28.1 Å². The highest BCUT2D eigenvalue weighted by atomic mass is 35.5. The van der Waals surface area contributed by atoms with E-state index in [9.17, 15) is 17.6 Å². The molecular weight excluding hydrogens is 421 g/mol. The molecule has 0 saturated carbocycles. The monoisotopic (exact) mass is 437 g/mol. The molecule has 0 aliphatic carbocycles. The molecule has 0 radical (unpaired) electrons. The van der Waals surface area contributed by atoms with E-state index in [0.29, 0.717) is 12.1 Å². The van der Waals surface area contributed by atoms with Crippen molar-refractivity contribution in [3.63, 3.8) is 0 Å². The Morgan fingerprint density at radius 3 is 2.59 bits per heavy atom. The summed E-state index contributed by atoms with van der Waals surface area (Å²) in [5.74, 6) is -1.06. The number of halogens is 2. The quantitative estimate of drug-likeness (QED) is 0.588. The molecule has 152 valence electrons. The molecular formula is C18H17ClFN5O3S.